The summed E-state index contributed by atoms with van der Waals surface area (Å²) in [6.07, 6.45) is 1.34. The third kappa shape index (κ3) is 4.18. The standard InChI is InChI=1S/C15H19FN2O3/c1-2-3-7-14(19)17-9-13-10-18(15(20)21-13)12-6-4-5-11(16)8-12/h4-6,8,13H,2-3,7,9-10H2,1H3,(H,17,19). The Morgan fingerprint density at radius 2 is 2.33 bits per heavy atom. The number of hydrogen-bond acceptors (Lipinski definition) is 3. The number of unbranched alkanes of at least 4 members (excludes halogenated alkanes) is 1. The molecule has 2 amide bonds. The average molecular weight is 294 g/mol. The number of nitrogens with zero attached hydrogens (tertiary/aromatic N) is 1. The summed E-state index contributed by atoms with van der Waals surface area (Å²) in [5, 5.41) is 2.75. The second-order valence-electron chi connectivity index (χ2n) is 5.00. The van der Waals surface area contributed by atoms with Gasteiger partial charge in [-0.25, -0.2) is 9.18 Å². The van der Waals surface area contributed by atoms with Crippen molar-refractivity contribution in [3.8, 4) is 0 Å². The van der Waals surface area contributed by atoms with Crippen molar-refractivity contribution in [2.75, 3.05) is 18.0 Å². The Morgan fingerprint density at radius 3 is 3.05 bits per heavy atom. The molecule has 0 spiro atoms. The molecule has 0 aromatic heterocycles. The first-order chi connectivity index (χ1) is 10.1. The van der Waals surface area contributed by atoms with Crippen LogP contribution in [0.15, 0.2) is 24.3 Å². The molecule has 1 N–H and O–H groups in total. The summed E-state index contributed by atoms with van der Waals surface area (Å²) >= 11 is 0. The lowest BCUT2D eigenvalue weighted by molar-refractivity contribution is -0.121. The molecule has 114 valence electrons. The Morgan fingerprint density at radius 1 is 1.52 bits per heavy atom. The van der Waals surface area contributed by atoms with Gasteiger partial charge in [0.05, 0.1) is 18.8 Å². The Labute approximate surface area is 123 Å². The molecule has 1 aromatic carbocycles. The molecule has 1 atom stereocenters. The van der Waals surface area contributed by atoms with Crippen LogP contribution in [0.4, 0.5) is 14.9 Å². The van der Waals surface area contributed by atoms with Gasteiger partial charge in [0.15, 0.2) is 0 Å². The van der Waals surface area contributed by atoms with Crippen LogP contribution in [-0.2, 0) is 9.53 Å². The van der Waals surface area contributed by atoms with E-state index in [0.717, 1.165) is 12.8 Å². The number of carbonyl (C=O) groups is 2. The molecule has 6 heteroatoms. The molecule has 1 heterocycles. The van der Waals surface area contributed by atoms with Gasteiger partial charge in [0, 0.05) is 6.42 Å². The molecule has 1 aromatic rings. The second kappa shape index (κ2) is 7.06. The van der Waals surface area contributed by atoms with Crippen LogP contribution < -0.4 is 10.2 Å². The maximum Gasteiger partial charge on any atom is 0.414 e. The Bertz CT molecular complexity index is 521. The monoisotopic (exact) mass is 294 g/mol. The van der Waals surface area contributed by atoms with Gasteiger partial charge in [0.1, 0.15) is 11.9 Å². The van der Waals surface area contributed by atoms with Gasteiger partial charge in [0.2, 0.25) is 5.91 Å². The van der Waals surface area contributed by atoms with Gasteiger partial charge in [-0.05, 0) is 24.6 Å². The van der Waals surface area contributed by atoms with Crippen molar-refractivity contribution in [3.05, 3.63) is 30.1 Å². The summed E-state index contributed by atoms with van der Waals surface area (Å²) < 4.78 is 18.4. The second-order valence-corrected chi connectivity index (χ2v) is 5.00. The lowest BCUT2D eigenvalue weighted by atomic mass is 10.2. The van der Waals surface area contributed by atoms with Gasteiger partial charge < -0.3 is 10.1 Å². The normalized spacial score (nSPS) is 17.7. The zero-order chi connectivity index (χ0) is 15.2. The van der Waals surface area contributed by atoms with Crippen molar-refractivity contribution >= 4 is 17.7 Å². The first-order valence-corrected chi connectivity index (χ1v) is 7.10. The summed E-state index contributed by atoms with van der Waals surface area (Å²) in [6, 6.07) is 5.78. The van der Waals surface area contributed by atoms with E-state index in [1.165, 1.54) is 23.1 Å². The highest BCUT2D eigenvalue weighted by Gasteiger charge is 2.32. The number of cyclic esters (lactones) is 1. The summed E-state index contributed by atoms with van der Waals surface area (Å²) in [5.41, 5.74) is 0.458. The summed E-state index contributed by atoms with van der Waals surface area (Å²) in [7, 11) is 0. The van der Waals surface area contributed by atoms with Gasteiger partial charge in [-0.2, -0.15) is 0 Å². The molecule has 1 unspecified atom stereocenters. The van der Waals surface area contributed by atoms with E-state index in [0.29, 0.717) is 18.7 Å². The van der Waals surface area contributed by atoms with E-state index in [1.54, 1.807) is 6.07 Å². The molecule has 1 saturated heterocycles. The summed E-state index contributed by atoms with van der Waals surface area (Å²) in [4.78, 5) is 24.7. The van der Waals surface area contributed by atoms with Crippen LogP contribution in [0.1, 0.15) is 26.2 Å². The van der Waals surface area contributed by atoms with Gasteiger partial charge in [-0.1, -0.05) is 19.4 Å². The van der Waals surface area contributed by atoms with Crippen LogP contribution in [-0.4, -0.2) is 31.2 Å². The highest BCUT2D eigenvalue weighted by atomic mass is 19.1. The maximum absolute atomic E-state index is 13.2. The van der Waals surface area contributed by atoms with Crippen LogP contribution in [0, 0.1) is 5.82 Å². The number of amides is 2. The predicted molar refractivity (Wildman–Crippen MR) is 76.5 cm³/mol. The van der Waals surface area contributed by atoms with Crippen LogP contribution in [0.5, 0.6) is 0 Å². The number of rotatable bonds is 6. The van der Waals surface area contributed by atoms with E-state index in [9.17, 15) is 14.0 Å². The number of benzene rings is 1. The molecule has 0 bridgehead atoms. The fourth-order valence-corrected chi connectivity index (χ4v) is 2.14. The molecule has 0 aliphatic carbocycles. The Balaban J connectivity index is 1.86. The van der Waals surface area contributed by atoms with Crippen molar-refractivity contribution in [1.29, 1.82) is 0 Å². The zero-order valence-electron chi connectivity index (χ0n) is 12.0. The Kier molecular flexibility index (Phi) is 5.14. The predicted octanol–water partition coefficient (Wildman–Crippen LogP) is 2.46. The molecule has 0 saturated carbocycles. The highest BCUT2D eigenvalue weighted by Crippen LogP contribution is 2.22. The SMILES string of the molecule is CCCCC(=O)NCC1CN(c2cccc(F)c2)C(=O)O1. The van der Waals surface area contributed by atoms with E-state index in [4.69, 9.17) is 4.74 Å². The van der Waals surface area contributed by atoms with E-state index < -0.39 is 18.0 Å². The van der Waals surface area contributed by atoms with E-state index in [1.807, 2.05) is 6.92 Å². The summed E-state index contributed by atoms with van der Waals surface area (Å²) in [5.74, 6) is -0.450. The third-order valence-electron chi connectivity index (χ3n) is 3.28. The highest BCUT2D eigenvalue weighted by molar-refractivity contribution is 5.89. The molecule has 2 rings (SSSR count). The zero-order valence-corrected chi connectivity index (χ0v) is 12.0. The largest absolute Gasteiger partial charge is 0.442 e. The fourth-order valence-electron chi connectivity index (χ4n) is 2.14. The molecule has 1 aliphatic heterocycles. The molecule has 5 nitrogen and oxygen atoms in total. The first kappa shape index (κ1) is 15.3. The van der Waals surface area contributed by atoms with E-state index in [-0.39, 0.29) is 12.5 Å². The fraction of sp³-hybridized carbons (Fsp3) is 0.467. The number of halogens is 1. The third-order valence-corrected chi connectivity index (χ3v) is 3.28. The smallest absolute Gasteiger partial charge is 0.414 e. The lowest BCUT2D eigenvalue weighted by Crippen LogP contribution is -2.34. The minimum Gasteiger partial charge on any atom is -0.442 e. The number of hydrogen-bond donors (Lipinski definition) is 1. The van der Waals surface area contributed by atoms with Gasteiger partial charge >= 0.3 is 6.09 Å². The van der Waals surface area contributed by atoms with Crippen molar-refractivity contribution < 1.29 is 18.7 Å². The molecule has 1 fully saturated rings. The topological polar surface area (TPSA) is 58.6 Å². The van der Waals surface area contributed by atoms with Crippen LogP contribution >= 0.6 is 0 Å². The van der Waals surface area contributed by atoms with Gasteiger partial charge in [-0.3, -0.25) is 9.69 Å². The van der Waals surface area contributed by atoms with Crippen LogP contribution in [0.25, 0.3) is 0 Å². The van der Waals surface area contributed by atoms with Gasteiger partial charge in [0.25, 0.3) is 0 Å². The minimum absolute atomic E-state index is 0.0443. The van der Waals surface area contributed by atoms with Crippen molar-refractivity contribution in [2.45, 2.75) is 32.3 Å². The molecular formula is C15H19FN2O3. The summed E-state index contributed by atoms with van der Waals surface area (Å²) in [6.45, 7) is 2.60. The van der Waals surface area contributed by atoms with Crippen LogP contribution in [0.2, 0.25) is 0 Å². The van der Waals surface area contributed by atoms with E-state index >= 15 is 0 Å². The van der Waals surface area contributed by atoms with E-state index in [2.05, 4.69) is 5.32 Å². The average Bonchev–Trinajstić information content (AvgIpc) is 2.84. The van der Waals surface area contributed by atoms with Crippen molar-refractivity contribution in [1.82, 2.24) is 5.32 Å². The van der Waals surface area contributed by atoms with Crippen molar-refractivity contribution in [3.63, 3.8) is 0 Å². The number of nitrogens with one attached hydrogen (secondary N) is 1. The molecule has 0 radical (unpaired) electrons. The number of anilines is 1. The number of ether oxygens (including phenoxy) is 1. The molecule has 21 heavy (non-hydrogen) atoms. The molecular weight excluding hydrogens is 275 g/mol. The first-order valence-electron chi connectivity index (χ1n) is 7.10. The van der Waals surface area contributed by atoms with Gasteiger partial charge in [-0.15, -0.1) is 0 Å². The quantitative estimate of drug-likeness (QED) is 0.876. The van der Waals surface area contributed by atoms with Crippen LogP contribution in [0.3, 0.4) is 0 Å². The minimum atomic E-state index is -0.520. The molecule has 1 aliphatic rings. The lowest BCUT2D eigenvalue weighted by Gasteiger charge is -2.13. The number of carbonyl (C=O) groups excluding carboxylic acids is 2. The maximum atomic E-state index is 13.2. The Hall–Kier alpha value is -2.11. The van der Waals surface area contributed by atoms with Crippen molar-refractivity contribution in [2.24, 2.45) is 0 Å².